The second-order valence-corrected chi connectivity index (χ2v) is 4.87. The molecule has 0 spiro atoms. The maximum atomic E-state index is 13.8. The van der Waals surface area contributed by atoms with Crippen LogP contribution in [-0.2, 0) is 6.54 Å². The van der Waals surface area contributed by atoms with Gasteiger partial charge >= 0.3 is 6.61 Å². The summed E-state index contributed by atoms with van der Waals surface area (Å²) in [6.07, 6.45) is 0. The van der Waals surface area contributed by atoms with Gasteiger partial charge in [0.05, 0.1) is 23.3 Å². The van der Waals surface area contributed by atoms with Crippen LogP contribution in [-0.4, -0.2) is 18.1 Å². The van der Waals surface area contributed by atoms with Gasteiger partial charge in [-0.25, -0.2) is 4.39 Å². The molecule has 2 aromatic carbocycles. The summed E-state index contributed by atoms with van der Waals surface area (Å²) >= 11 is 0. The van der Waals surface area contributed by atoms with Crippen molar-refractivity contribution in [3.8, 4) is 11.5 Å². The predicted molar refractivity (Wildman–Crippen MR) is 84.6 cm³/mol. The number of rotatable bonds is 8. The minimum Gasteiger partial charge on any atom is -0.490 e. The molecule has 0 saturated carbocycles. The SMILES string of the molecule is CCOc1cc(CNc2ccc([N+](=O)[O-])cc2F)ccc1OC(F)F. The maximum Gasteiger partial charge on any atom is 0.387 e. The van der Waals surface area contributed by atoms with E-state index in [9.17, 15) is 23.3 Å². The fourth-order valence-corrected chi connectivity index (χ4v) is 2.08. The second kappa shape index (κ2) is 8.22. The van der Waals surface area contributed by atoms with Gasteiger partial charge in [-0.1, -0.05) is 6.07 Å². The molecule has 0 radical (unpaired) electrons. The Morgan fingerprint density at radius 3 is 2.56 bits per heavy atom. The molecule has 2 rings (SSSR count). The first kappa shape index (κ1) is 18.4. The zero-order chi connectivity index (χ0) is 18.4. The molecule has 0 aliphatic carbocycles. The number of nitrogens with zero attached hydrogens (tertiary/aromatic N) is 1. The van der Waals surface area contributed by atoms with Gasteiger partial charge in [0.15, 0.2) is 17.3 Å². The van der Waals surface area contributed by atoms with Gasteiger partial charge in [0.2, 0.25) is 0 Å². The van der Waals surface area contributed by atoms with Gasteiger partial charge < -0.3 is 14.8 Å². The summed E-state index contributed by atoms with van der Waals surface area (Å²) in [5.74, 6) is -0.717. The Labute approximate surface area is 141 Å². The Balaban J connectivity index is 2.12. The smallest absolute Gasteiger partial charge is 0.387 e. The van der Waals surface area contributed by atoms with E-state index in [2.05, 4.69) is 10.1 Å². The van der Waals surface area contributed by atoms with Crippen molar-refractivity contribution in [2.75, 3.05) is 11.9 Å². The largest absolute Gasteiger partial charge is 0.490 e. The highest BCUT2D eigenvalue weighted by Crippen LogP contribution is 2.30. The molecule has 2 aromatic rings. The van der Waals surface area contributed by atoms with E-state index in [-0.39, 0.29) is 36.0 Å². The van der Waals surface area contributed by atoms with E-state index in [0.717, 1.165) is 6.07 Å². The third kappa shape index (κ3) is 5.00. The monoisotopic (exact) mass is 356 g/mol. The molecule has 134 valence electrons. The molecule has 0 bridgehead atoms. The minimum atomic E-state index is -2.97. The molecule has 0 saturated heterocycles. The number of ether oxygens (including phenoxy) is 2. The molecule has 0 aliphatic heterocycles. The molecule has 25 heavy (non-hydrogen) atoms. The lowest BCUT2D eigenvalue weighted by Gasteiger charge is -2.13. The summed E-state index contributed by atoms with van der Waals surface area (Å²) in [4.78, 5) is 9.90. The van der Waals surface area contributed by atoms with Gasteiger partial charge in [-0.3, -0.25) is 10.1 Å². The van der Waals surface area contributed by atoms with Crippen LogP contribution >= 0.6 is 0 Å². The maximum absolute atomic E-state index is 13.8. The van der Waals surface area contributed by atoms with Crippen molar-refractivity contribution in [3.05, 3.63) is 57.9 Å². The van der Waals surface area contributed by atoms with E-state index < -0.39 is 17.4 Å². The molecular formula is C16H15F3N2O4. The topological polar surface area (TPSA) is 73.6 Å². The normalized spacial score (nSPS) is 10.6. The molecular weight excluding hydrogens is 341 g/mol. The van der Waals surface area contributed by atoms with E-state index in [1.54, 1.807) is 6.92 Å². The van der Waals surface area contributed by atoms with Crippen molar-refractivity contribution in [2.45, 2.75) is 20.1 Å². The zero-order valence-electron chi connectivity index (χ0n) is 13.2. The highest BCUT2D eigenvalue weighted by atomic mass is 19.3. The Hall–Kier alpha value is -2.97. The summed E-state index contributed by atoms with van der Waals surface area (Å²) in [7, 11) is 0. The van der Waals surface area contributed by atoms with Crippen LogP contribution < -0.4 is 14.8 Å². The van der Waals surface area contributed by atoms with Crippen LogP contribution in [0.15, 0.2) is 36.4 Å². The molecule has 0 heterocycles. The lowest BCUT2D eigenvalue weighted by Crippen LogP contribution is -2.06. The number of halogens is 3. The summed E-state index contributed by atoms with van der Waals surface area (Å²) < 4.78 is 48.2. The van der Waals surface area contributed by atoms with Crippen molar-refractivity contribution in [1.29, 1.82) is 0 Å². The van der Waals surface area contributed by atoms with Gasteiger partial charge in [0, 0.05) is 12.6 Å². The van der Waals surface area contributed by atoms with Crippen molar-refractivity contribution >= 4 is 11.4 Å². The molecule has 0 aliphatic rings. The van der Waals surface area contributed by atoms with Crippen molar-refractivity contribution in [2.24, 2.45) is 0 Å². The molecule has 0 amide bonds. The van der Waals surface area contributed by atoms with Crippen LogP contribution in [0, 0.1) is 15.9 Å². The van der Waals surface area contributed by atoms with Crippen molar-refractivity contribution < 1.29 is 27.6 Å². The Bertz CT molecular complexity index is 756. The molecule has 1 N–H and O–H groups in total. The summed E-state index contributed by atoms with van der Waals surface area (Å²) in [5.41, 5.74) is 0.356. The first-order valence-corrected chi connectivity index (χ1v) is 7.29. The number of nitro groups is 1. The van der Waals surface area contributed by atoms with Crippen LogP contribution in [0.1, 0.15) is 12.5 Å². The number of hydrogen-bond acceptors (Lipinski definition) is 5. The predicted octanol–water partition coefficient (Wildman–Crippen LogP) is 4.35. The fraction of sp³-hybridized carbons (Fsp3) is 0.250. The average molecular weight is 356 g/mol. The molecule has 9 heteroatoms. The molecule has 0 aromatic heterocycles. The zero-order valence-corrected chi connectivity index (χ0v) is 13.2. The van der Waals surface area contributed by atoms with Crippen LogP contribution in [0.5, 0.6) is 11.5 Å². The Morgan fingerprint density at radius 1 is 1.20 bits per heavy atom. The number of nitro benzene ring substituents is 1. The number of nitrogens with one attached hydrogen (secondary N) is 1. The number of non-ortho nitro benzene ring substituents is 1. The van der Waals surface area contributed by atoms with Gasteiger partial charge in [0.25, 0.3) is 5.69 Å². The third-order valence-corrected chi connectivity index (χ3v) is 3.17. The first-order valence-electron chi connectivity index (χ1n) is 7.29. The van der Waals surface area contributed by atoms with Gasteiger partial charge in [-0.05, 0) is 30.7 Å². The lowest BCUT2D eigenvalue weighted by atomic mass is 10.2. The van der Waals surface area contributed by atoms with E-state index in [1.165, 1.54) is 30.3 Å². The van der Waals surface area contributed by atoms with E-state index in [4.69, 9.17) is 4.74 Å². The Kier molecular flexibility index (Phi) is 6.04. The minimum absolute atomic E-state index is 0.0801. The molecule has 0 atom stereocenters. The number of benzene rings is 2. The first-order chi connectivity index (χ1) is 11.9. The molecule has 0 fully saturated rings. The van der Waals surface area contributed by atoms with Crippen molar-refractivity contribution in [1.82, 2.24) is 0 Å². The average Bonchev–Trinajstić information content (AvgIpc) is 2.55. The van der Waals surface area contributed by atoms with Gasteiger partial charge in [-0.15, -0.1) is 0 Å². The highest BCUT2D eigenvalue weighted by molar-refractivity contribution is 5.51. The van der Waals surface area contributed by atoms with Gasteiger partial charge in [0.1, 0.15) is 0 Å². The van der Waals surface area contributed by atoms with E-state index >= 15 is 0 Å². The number of alkyl halides is 2. The summed E-state index contributed by atoms with van der Waals surface area (Å²) in [5, 5.41) is 13.4. The van der Waals surface area contributed by atoms with Crippen molar-refractivity contribution in [3.63, 3.8) is 0 Å². The van der Waals surface area contributed by atoms with Crippen LogP contribution in [0.3, 0.4) is 0 Å². The summed E-state index contributed by atoms with van der Waals surface area (Å²) in [6, 6.07) is 7.60. The second-order valence-electron chi connectivity index (χ2n) is 4.87. The number of hydrogen-bond donors (Lipinski definition) is 1. The quantitative estimate of drug-likeness (QED) is 0.562. The standard InChI is InChI=1S/C16H15F3N2O4/c1-2-24-15-7-10(3-6-14(15)25-16(18)19)9-20-13-5-4-11(21(22)23)8-12(13)17/h3-8,16,20H,2,9H2,1H3. The number of anilines is 1. The van der Waals surface area contributed by atoms with Crippen LogP contribution in [0.4, 0.5) is 24.5 Å². The van der Waals surface area contributed by atoms with Crippen LogP contribution in [0.2, 0.25) is 0 Å². The fourth-order valence-electron chi connectivity index (χ4n) is 2.08. The van der Waals surface area contributed by atoms with E-state index in [0.29, 0.717) is 5.56 Å². The lowest BCUT2D eigenvalue weighted by molar-refractivity contribution is -0.385. The Morgan fingerprint density at radius 2 is 1.96 bits per heavy atom. The third-order valence-electron chi connectivity index (χ3n) is 3.17. The summed E-state index contributed by atoms with van der Waals surface area (Å²) in [6.45, 7) is -0.863. The van der Waals surface area contributed by atoms with Crippen LogP contribution in [0.25, 0.3) is 0 Å². The van der Waals surface area contributed by atoms with E-state index in [1.807, 2.05) is 0 Å². The van der Waals surface area contributed by atoms with Gasteiger partial charge in [-0.2, -0.15) is 8.78 Å². The molecule has 0 unspecified atom stereocenters. The molecule has 6 nitrogen and oxygen atoms in total. The highest BCUT2D eigenvalue weighted by Gasteiger charge is 2.13.